The lowest BCUT2D eigenvalue weighted by Gasteiger charge is -2.46. The van der Waals surface area contributed by atoms with E-state index in [1.807, 2.05) is 24.3 Å². The lowest BCUT2D eigenvalue weighted by molar-refractivity contribution is -0.160. The van der Waals surface area contributed by atoms with Crippen molar-refractivity contribution >= 4 is 17.8 Å². The Bertz CT molecular complexity index is 1030. The molecule has 9 nitrogen and oxygen atoms in total. The third-order valence-electron chi connectivity index (χ3n) is 7.82. The van der Waals surface area contributed by atoms with Crippen molar-refractivity contribution in [3.63, 3.8) is 0 Å². The summed E-state index contributed by atoms with van der Waals surface area (Å²) < 4.78 is 21.5. The lowest BCUT2D eigenvalue weighted by atomic mass is 9.69. The minimum atomic E-state index is -0.924. The van der Waals surface area contributed by atoms with Crippen molar-refractivity contribution in [3.8, 4) is 11.5 Å². The minimum Gasteiger partial charge on any atom is -0.493 e. The highest BCUT2D eigenvalue weighted by Gasteiger charge is 2.53. The van der Waals surface area contributed by atoms with Gasteiger partial charge in [-0.1, -0.05) is 18.6 Å². The van der Waals surface area contributed by atoms with Crippen LogP contribution in [0.5, 0.6) is 11.5 Å². The fourth-order valence-corrected chi connectivity index (χ4v) is 5.86. The van der Waals surface area contributed by atoms with Gasteiger partial charge in [-0.25, -0.2) is 0 Å². The van der Waals surface area contributed by atoms with E-state index >= 15 is 0 Å². The lowest BCUT2D eigenvalue weighted by Crippen LogP contribution is -2.54. The summed E-state index contributed by atoms with van der Waals surface area (Å²) in [6, 6.07) is 5.70. The summed E-state index contributed by atoms with van der Waals surface area (Å²) in [5, 5.41) is 0. The van der Waals surface area contributed by atoms with Crippen LogP contribution in [0.1, 0.15) is 44.1 Å². The highest BCUT2D eigenvalue weighted by Crippen LogP contribution is 2.49. The van der Waals surface area contributed by atoms with E-state index in [4.69, 9.17) is 18.9 Å². The number of hydrogen-bond acceptors (Lipinski definition) is 7. The first-order valence-electron chi connectivity index (χ1n) is 13.1. The smallest absolute Gasteiger partial charge is 0.317 e. The number of rotatable bonds is 8. The molecule has 4 rings (SSSR count). The van der Waals surface area contributed by atoms with Crippen molar-refractivity contribution in [1.29, 1.82) is 0 Å². The number of hydrogen-bond donors (Lipinski definition) is 0. The minimum absolute atomic E-state index is 0.0671. The van der Waals surface area contributed by atoms with Crippen LogP contribution in [0, 0.1) is 11.3 Å². The number of benzene rings is 1. The van der Waals surface area contributed by atoms with Crippen LogP contribution in [-0.4, -0.2) is 81.8 Å². The van der Waals surface area contributed by atoms with Gasteiger partial charge in [0.25, 0.3) is 0 Å². The van der Waals surface area contributed by atoms with Gasteiger partial charge in [0.2, 0.25) is 11.8 Å². The first-order chi connectivity index (χ1) is 17.9. The topological polar surface area (TPSA) is 94.6 Å². The normalized spacial score (nSPS) is 24.0. The third-order valence-corrected chi connectivity index (χ3v) is 7.82. The molecule has 0 saturated carbocycles. The summed E-state index contributed by atoms with van der Waals surface area (Å²) in [6.07, 6.45) is 6.18. The fraction of sp³-hybridized carbons (Fsp3) is 0.607. The molecular formula is C28H38N2O7. The second-order valence-corrected chi connectivity index (χ2v) is 9.94. The Labute approximate surface area is 218 Å². The molecule has 2 atom stereocenters. The van der Waals surface area contributed by atoms with E-state index in [1.54, 1.807) is 24.0 Å². The highest BCUT2D eigenvalue weighted by atomic mass is 16.5. The zero-order chi connectivity index (χ0) is 26.4. The molecule has 37 heavy (non-hydrogen) atoms. The molecule has 2 fully saturated rings. The molecule has 1 aromatic carbocycles. The second-order valence-electron chi connectivity index (χ2n) is 9.94. The Morgan fingerprint density at radius 3 is 2.54 bits per heavy atom. The van der Waals surface area contributed by atoms with Crippen LogP contribution in [0.25, 0.3) is 0 Å². The Hall–Kier alpha value is -3.07. The van der Waals surface area contributed by atoms with Gasteiger partial charge < -0.3 is 28.7 Å². The Balaban J connectivity index is 1.63. The summed E-state index contributed by atoms with van der Waals surface area (Å²) in [4.78, 5) is 43.9. The number of piperidine rings is 1. The van der Waals surface area contributed by atoms with Crippen LogP contribution in [0.2, 0.25) is 0 Å². The molecule has 202 valence electrons. The largest absolute Gasteiger partial charge is 0.493 e. The number of carbonyl (C=O) groups excluding carboxylic acids is 3. The number of allylic oxidation sites excluding steroid dienone is 1. The molecule has 0 unspecified atom stereocenters. The van der Waals surface area contributed by atoms with E-state index in [1.165, 1.54) is 7.11 Å². The van der Waals surface area contributed by atoms with Gasteiger partial charge in [0, 0.05) is 37.7 Å². The maximum absolute atomic E-state index is 13.9. The number of likely N-dealkylation sites (tertiary alicyclic amines) is 1. The maximum atomic E-state index is 13.9. The van der Waals surface area contributed by atoms with Crippen molar-refractivity contribution in [2.24, 2.45) is 11.3 Å². The Kier molecular flexibility index (Phi) is 8.74. The average Bonchev–Trinajstić information content (AvgIpc) is 3.16. The number of ether oxygens (including phenoxy) is 4. The van der Waals surface area contributed by atoms with Crippen LogP contribution in [0.4, 0.5) is 0 Å². The molecule has 1 aliphatic carbocycles. The molecule has 1 aromatic rings. The number of amides is 2. The van der Waals surface area contributed by atoms with Crippen molar-refractivity contribution in [2.75, 3.05) is 54.2 Å². The van der Waals surface area contributed by atoms with Crippen molar-refractivity contribution < 1.29 is 33.3 Å². The molecule has 2 amide bonds. The summed E-state index contributed by atoms with van der Waals surface area (Å²) >= 11 is 0. The molecule has 0 aromatic heterocycles. The van der Waals surface area contributed by atoms with Gasteiger partial charge in [-0.15, -0.1) is 0 Å². The van der Waals surface area contributed by atoms with Gasteiger partial charge in [0.1, 0.15) is 5.41 Å². The third kappa shape index (κ3) is 5.61. The van der Waals surface area contributed by atoms with Crippen LogP contribution in [-0.2, 0) is 30.3 Å². The quantitative estimate of drug-likeness (QED) is 0.492. The van der Waals surface area contributed by atoms with Gasteiger partial charge in [-0.2, -0.15) is 0 Å². The van der Waals surface area contributed by atoms with E-state index in [0.29, 0.717) is 63.6 Å². The first-order valence-corrected chi connectivity index (χ1v) is 13.1. The number of esters is 1. The van der Waals surface area contributed by atoms with Crippen LogP contribution in [0.15, 0.2) is 30.0 Å². The molecule has 0 radical (unpaired) electrons. The molecule has 3 aliphatic rings. The Morgan fingerprint density at radius 2 is 1.84 bits per heavy atom. The van der Waals surface area contributed by atoms with Crippen molar-refractivity contribution in [3.05, 3.63) is 35.5 Å². The van der Waals surface area contributed by atoms with Crippen molar-refractivity contribution in [2.45, 2.75) is 44.9 Å². The Morgan fingerprint density at radius 1 is 1.08 bits per heavy atom. The van der Waals surface area contributed by atoms with Gasteiger partial charge in [0.15, 0.2) is 11.5 Å². The van der Waals surface area contributed by atoms with Crippen LogP contribution < -0.4 is 9.47 Å². The summed E-state index contributed by atoms with van der Waals surface area (Å²) in [5.41, 5.74) is 0.791. The van der Waals surface area contributed by atoms with Crippen LogP contribution in [0.3, 0.4) is 0 Å². The molecule has 0 N–H and O–H groups in total. The monoisotopic (exact) mass is 514 g/mol. The molecule has 2 aliphatic heterocycles. The van der Waals surface area contributed by atoms with E-state index in [9.17, 15) is 14.4 Å². The first kappa shape index (κ1) is 27.0. The molecule has 0 spiro atoms. The number of morpholine rings is 1. The summed E-state index contributed by atoms with van der Waals surface area (Å²) in [6.45, 7) is 2.44. The number of carbonyl (C=O) groups is 3. The molecule has 9 heteroatoms. The van der Waals surface area contributed by atoms with E-state index in [-0.39, 0.29) is 24.2 Å². The second kappa shape index (κ2) is 12.0. The van der Waals surface area contributed by atoms with Crippen LogP contribution >= 0.6 is 0 Å². The standard InChI is InChI=1S/C28H38N2O7/c1-34-22-9-8-20(17-23(22)35-2)10-12-30-24-7-5-4-6-11-28(24,27(33)36-3)19-21(26(30)32)18-25(31)29-13-15-37-16-14-29/h7-9,17,21H,4-6,10-16,18-19H2,1-3H3/t21-,28+/m1/s1. The van der Waals surface area contributed by atoms with Gasteiger partial charge in [0.05, 0.1) is 34.5 Å². The highest BCUT2D eigenvalue weighted by molar-refractivity contribution is 5.92. The predicted octanol–water partition coefficient (Wildman–Crippen LogP) is 2.96. The summed E-state index contributed by atoms with van der Waals surface area (Å²) in [5.74, 6) is 0.176. The number of methoxy groups -OCH3 is 3. The van der Waals surface area contributed by atoms with Crippen molar-refractivity contribution in [1.82, 2.24) is 9.80 Å². The van der Waals surface area contributed by atoms with E-state index in [0.717, 1.165) is 30.5 Å². The van der Waals surface area contributed by atoms with Gasteiger partial charge in [-0.05, 0) is 49.8 Å². The van der Waals surface area contributed by atoms with Gasteiger partial charge >= 0.3 is 5.97 Å². The summed E-state index contributed by atoms with van der Waals surface area (Å²) in [7, 11) is 4.58. The zero-order valence-corrected chi connectivity index (χ0v) is 22.1. The molecule has 2 saturated heterocycles. The SMILES string of the molecule is COC(=O)[C@]12CCCCC=C1N(CCc1ccc(OC)c(OC)c1)C(=O)[C@H](CC(=O)N1CCOCC1)C2. The van der Waals surface area contributed by atoms with Gasteiger partial charge in [-0.3, -0.25) is 14.4 Å². The predicted molar refractivity (Wildman–Crippen MR) is 136 cm³/mol. The zero-order valence-electron chi connectivity index (χ0n) is 22.1. The van der Waals surface area contributed by atoms with E-state index in [2.05, 4.69) is 0 Å². The van der Waals surface area contributed by atoms with E-state index < -0.39 is 11.3 Å². The molecular weight excluding hydrogens is 476 g/mol. The fourth-order valence-electron chi connectivity index (χ4n) is 5.86. The average molecular weight is 515 g/mol. The molecule has 0 bridgehead atoms. The molecule has 2 heterocycles. The number of fused-ring (bicyclic) bond motifs is 1. The maximum Gasteiger partial charge on any atom is 0.317 e. The number of nitrogens with zero attached hydrogens (tertiary/aromatic N) is 2.